The summed E-state index contributed by atoms with van der Waals surface area (Å²) < 4.78 is 41.7. The van der Waals surface area contributed by atoms with Gasteiger partial charge in [0.25, 0.3) is 5.91 Å². The molecule has 0 bridgehead atoms. The normalized spacial score (nSPS) is 11.3. The van der Waals surface area contributed by atoms with Gasteiger partial charge in [-0.3, -0.25) is 10.1 Å². The first-order chi connectivity index (χ1) is 12.7. The minimum Gasteiger partial charge on any atom is -0.406 e. The number of carbonyl (C=O) groups excluding carboxylic acids is 1. The van der Waals surface area contributed by atoms with Crippen LogP contribution < -0.4 is 15.8 Å². The van der Waals surface area contributed by atoms with E-state index in [1.54, 1.807) is 31.3 Å². The van der Waals surface area contributed by atoms with E-state index in [9.17, 15) is 18.0 Å². The number of aryl methyl sites for hydroxylation is 1. The number of carbonyl (C=O) groups is 1. The number of rotatable bonds is 4. The number of nitrogens with two attached hydrogens (primary N) is 1. The third kappa shape index (κ3) is 4.54. The summed E-state index contributed by atoms with van der Waals surface area (Å²) in [5.74, 6) is -0.388. The van der Waals surface area contributed by atoms with E-state index in [2.05, 4.69) is 20.1 Å². The first-order valence-corrected chi connectivity index (χ1v) is 7.65. The molecule has 3 N–H and O–H groups in total. The van der Waals surface area contributed by atoms with Crippen LogP contribution in [-0.2, 0) is 7.05 Å². The first kappa shape index (κ1) is 18.2. The topological polar surface area (TPSA) is 95.1 Å². The van der Waals surface area contributed by atoms with Crippen LogP contribution in [0.1, 0.15) is 10.4 Å². The van der Waals surface area contributed by atoms with Crippen LogP contribution >= 0.6 is 0 Å². The standard InChI is InChI=1S/C17H14F3N5O2/c1-25-16(22-14(24-25)10-2-6-12(21)7-3-10)23-15(26)11-4-8-13(9-5-11)27-17(18,19)20/h2-9H,21H2,1H3,(H,22,23,24,26). The molecule has 0 aliphatic rings. The van der Waals surface area contributed by atoms with Gasteiger partial charge in [0.2, 0.25) is 5.95 Å². The fourth-order valence-electron chi connectivity index (χ4n) is 2.23. The number of anilines is 2. The number of hydrogen-bond acceptors (Lipinski definition) is 5. The zero-order valence-electron chi connectivity index (χ0n) is 14.0. The zero-order chi connectivity index (χ0) is 19.6. The van der Waals surface area contributed by atoms with Crippen molar-refractivity contribution in [3.05, 3.63) is 54.1 Å². The SMILES string of the molecule is Cn1nc(-c2ccc(N)cc2)nc1NC(=O)c1ccc(OC(F)(F)F)cc1. The Morgan fingerprint density at radius 3 is 2.33 bits per heavy atom. The molecule has 0 unspecified atom stereocenters. The van der Waals surface area contributed by atoms with Crippen LogP contribution in [-0.4, -0.2) is 27.0 Å². The van der Waals surface area contributed by atoms with Crippen LogP contribution in [0.25, 0.3) is 11.4 Å². The van der Waals surface area contributed by atoms with E-state index in [1.165, 1.54) is 16.8 Å². The predicted molar refractivity (Wildman–Crippen MR) is 91.9 cm³/mol. The van der Waals surface area contributed by atoms with Crippen molar-refractivity contribution in [1.82, 2.24) is 14.8 Å². The van der Waals surface area contributed by atoms with Crippen molar-refractivity contribution in [2.45, 2.75) is 6.36 Å². The Kier molecular flexibility index (Phi) is 4.72. The number of nitrogens with zero attached hydrogens (tertiary/aromatic N) is 3. The fraction of sp³-hybridized carbons (Fsp3) is 0.118. The number of nitrogens with one attached hydrogen (secondary N) is 1. The lowest BCUT2D eigenvalue weighted by Crippen LogP contribution is -2.18. The minimum absolute atomic E-state index is 0.140. The molecule has 140 valence electrons. The van der Waals surface area contributed by atoms with Crippen LogP contribution in [0.15, 0.2) is 48.5 Å². The number of nitrogen functional groups attached to an aromatic ring is 1. The van der Waals surface area contributed by atoms with Gasteiger partial charge in [-0.05, 0) is 48.5 Å². The summed E-state index contributed by atoms with van der Waals surface area (Å²) in [5.41, 5.74) is 7.10. The van der Waals surface area contributed by atoms with Crippen LogP contribution in [0, 0.1) is 0 Å². The highest BCUT2D eigenvalue weighted by molar-refractivity contribution is 6.03. The molecule has 3 aromatic rings. The van der Waals surface area contributed by atoms with Crippen LogP contribution in [0.4, 0.5) is 24.8 Å². The summed E-state index contributed by atoms with van der Waals surface area (Å²) in [5, 5.41) is 6.78. The number of hydrogen-bond donors (Lipinski definition) is 2. The Morgan fingerprint density at radius 1 is 1.11 bits per heavy atom. The van der Waals surface area contributed by atoms with Crippen LogP contribution in [0.5, 0.6) is 5.75 Å². The van der Waals surface area contributed by atoms with Gasteiger partial charge >= 0.3 is 6.36 Å². The fourth-order valence-corrected chi connectivity index (χ4v) is 2.23. The maximum Gasteiger partial charge on any atom is 0.573 e. The molecule has 27 heavy (non-hydrogen) atoms. The highest BCUT2D eigenvalue weighted by Gasteiger charge is 2.31. The van der Waals surface area contributed by atoms with Crippen molar-refractivity contribution in [3.8, 4) is 17.1 Å². The number of benzene rings is 2. The maximum absolute atomic E-state index is 12.3. The molecule has 0 saturated carbocycles. The monoisotopic (exact) mass is 377 g/mol. The van der Waals surface area contributed by atoms with E-state index in [0.29, 0.717) is 17.1 Å². The molecule has 0 radical (unpaired) electrons. The number of ether oxygens (including phenoxy) is 1. The lowest BCUT2D eigenvalue weighted by Gasteiger charge is -2.09. The molecule has 7 nitrogen and oxygen atoms in total. The summed E-state index contributed by atoms with van der Waals surface area (Å²) in [4.78, 5) is 16.5. The molecule has 0 atom stereocenters. The van der Waals surface area contributed by atoms with Gasteiger partial charge in [0.15, 0.2) is 5.82 Å². The van der Waals surface area contributed by atoms with E-state index >= 15 is 0 Å². The molecule has 0 aliphatic heterocycles. The van der Waals surface area contributed by atoms with Gasteiger partial charge < -0.3 is 10.5 Å². The summed E-state index contributed by atoms with van der Waals surface area (Å²) in [6, 6.07) is 11.4. The quantitative estimate of drug-likeness (QED) is 0.681. The minimum atomic E-state index is -4.79. The molecule has 1 aromatic heterocycles. The lowest BCUT2D eigenvalue weighted by molar-refractivity contribution is -0.274. The molecule has 1 amide bonds. The second kappa shape index (κ2) is 6.98. The first-order valence-electron chi connectivity index (χ1n) is 7.65. The van der Waals surface area contributed by atoms with Crippen molar-refractivity contribution >= 4 is 17.5 Å². The number of aromatic nitrogens is 3. The van der Waals surface area contributed by atoms with Gasteiger partial charge in [-0.2, -0.15) is 4.98 Å². The summed E-state index contributed by atoms with van der Waals surface area (Å²) in [6.07, 6.45) is -4.79. The van der Waals surface area contributed by atoms with Gasteiger partial charge in [0, 0.05) is 23.9 Å². The average Bonchev–Trinajstić information content (AvgIpc) is 2.95. The molecular formula is C17H14F3N5O2. The molecule has 0 saturated heterocycles. The van der Waals surface area contributed by atoms with Gasteiger partial charge in [0.05, 0.1) is 0 Å². The molecule has 3 rings (SSSR count). The van der Waals surface area contributed by atoms with E-state index in [1.807, 2.05) is 0 Å². The lowest BCUT2D eigenvalue weighted by atomic mass is 10.2. The van der Waals surface area contributed by atoms with Gasteiger partial charge in [-0.25, -0.2) is 4.68 Å². The number of alkyl halides is 3. The van der Waals surface area contributed by atoms with Gasteiger partial charge in [-0.1, -0.05) is 0 Å². The maximum atomic E-state index is 12.3. The van der Waals surface area contributed by atoms with Crippen molar-refractivity contribution < 1.29 is 22.7 Å². The molecule has 2 aromatic carbocycles. The van der Waals surface area contributed by atoms with E-state index in [-0.39, 0.29) is 11.5 Å². The molecule has 0 aliphatic carbocycles. The van der Waals surface area contributed by atoms with Gasteiger partial charge in [0.1, 0.15) is 5.75 Å². The van der Waals surface area contributed by atoms with E-state index in [4.69, 9.17) is 5.73 Å². The Hall–Kier alpha value is -3.56. The average molecular weight is 377 g/mol. The van der Waals surface area contributed by atoms with Crippen molar-refractivity contribution in [3.63, 3.8) is 0 Å². The molecule has 1 heterocycles. The Balaban J connectivity index is 1.73. The van der Waals surface area contributed by atoms with Crippen LogP contribution in [0.2, 0.25) is 0 Å². The number of halogens is 3. The highest BCUT2D eigenvalue weighted by Crippen LogP contribution is 2.23. The Bertz CT molecular complexity index is 950. The second-order valence-electron chi connectivity index (χ2n) is 5.53. The highest BCUT2D eigenvalue weighted by atomic mass is 19.4. The van der Waals surface area contributed by atoms with E-state index in [0.717, 1.165) is 12.1 Å². The third-order valence-electron chi connectivity index (χ3n) is 3.51. The zero-order valence-corrected chi connectivity index (χ0v) is 14.0. The molecule has 0 spiro atoms. The van der Waals surface area contributed by atoms with Crippen LogP contribution in [0.3, 0.4) is 0 Å². The van der Waals surface area contributed by atoms with E-state index < -0.39 is 18.0 Å². The summed E-state index contributed by atoms with van der Waals surface area (Å²) in [7, 11) is 1.60. The Morgan fingerprint density at radius 2 is 1.74 bits per heavy atom. The third-order valence-corrected chi connectivity index (χ3v) is 3.51. The smallest absolute Gasteiger partial charge is 0.406 e. The summed E-state index contributed by atoms with van der Waals surface area (Å²) >= 11 is 0. The van der Waals surface area contributed by atoms with Crippen molar-refractivity contribution in [2.24, 2.45) is 7.05 Å². The summed E-state index contributed by atoms with van der Waals surface area (Å²) in [6.45, 7) is 0. The second-order valence-corrected chi connectivity index (χ2v) is 5.53. The molecule has 0 fully saturated rings. The number of amides is 1. The van der Waals surface area contributed by atoms with Crippen molar-refractivity contribution in [1.29, 1.82) is 0 Å². The molecule has 10 heteroatoms. The van der Waals surface area contributed by atoms with Gasteiger partial charge in [-0.15, -0.1) is 18.3 Å². The Labute approximate surface area is 151 Å². The molecular weight excluding hydrogens is 363 g/mol. The largest absolute Gasteiger partial charge is 0.573 e. The van der Waals surface area contributed by atoms with Crippen molar-refractivity contribution in [2.75, 3.05) is 11.1 Å². The predicted octanol–water partition coefficient (Wildman–Crippen LogP) is 3.22.